The highest BCUT2D eigenvalue weighted by Gasteiger charge is 2.13. The lowest BCUT2D eigenvalue weighted by Crippen LogP contribution is -2.13. The predicted molar refractivity (Wildman–Crippen MR) is 53.4 cm³/mol. The van der Waals surface area contributed by atoms with Gasteiger partial charge < -0.3 is 15.2 Å². The van der Waals surface area contributed by atoms with E-state index >= 15 is 0 Å². The van der Waals surface area contributed by atoms with Gasteiger partial charge in [-0.1, -0.05) is 11.2 Å². The molecule has 1 heterocycles. The third kappa shape index (κ3) is 2.93. The van der Waals surface area contributed by atoms with Gasteiger partial charge in [-0.25, -0.2) is 0 Å². The van der Waals surface area contributed by atoms with E-state index in [-0.39, 0.29) is 6.04 Å². The molecule has 0 aromatic carbocycles. The van der Waals surface area contributed by atoms with Crippen molar-refractivity contribution in [1.29, 1.82) is 0 Å². The minimum Gasteiger partial charge on any atom is -0.338 e. The van der Waals surface area contributed by atoms with Crippen molar-refractivity contribution >= 4 is 0 Å². The van der Waals surface area contributed by atoms with Crippen LogP contribution >= 0.6 is 0 Å². The van der Waals surface area contributed by atoms with Crippen molar-refractivity contribution in [3.05, 3.63) is 24.4 Å². The van der Waals surface area contributed by atoms with Crippen molar-refractivity contribution in [2.75, 3.05) is 14.1 Å². The Morgan fingerprint density at radius 2 is 2.36 bits per heavy atom. The van der Waals surface area contributed by atoms with Gasteiger partial charge in [0, 0.05) is 0 Å². The highest BCUT2D eigenvalue weighted by Crippen LogP contribution is 2.11. The summed E-state index contributed by atoms with van der Waals surface area (Å²) in [5.41, 5.74) is 5.77. The van der Waals surface area contributed by atoms with E-state index in [0.717, 1.165) is 0 Å². The molecule has 1 rings (SSSR count). The lowest BCUT2D eigenvalue weighted by atomic mass is 10.2. The second-order valence-electron chi connectivity index (χ2n) is 3.42. The summed E-state index contributed by atoms with van der Waals surface area (Å²) in [6, 6.07) is -0.240. The van der Waals surface area contributed by atoms with Gasteiger partial charge in [-0.3, -0.25) is 0 Å². The Hall–Kier alpha value is -1.20. The van der Waals surface area contributed by atoms with E-state index in [0.29, 0.717) is 24.7 Å². The zero-order chi connectivity index (χ0) is 10.6. The Morgan fingerprint density at radius 3 is 2.93 bits per heavy atom. The molecule has 0 saturated heterocycles. The molecule has 0 aliphatic carbocycles. The van der Waals surface area contributed by atoms with Gasteiger partial charge in [-0.05, 0) is 20.5 Å². The first-order valence-corrected chi connectivity index (χ1v) is 4.47. The van der Waals surface area contributed by atoms with Gasteiger partial charge in [0.05, 0.1) is 12.6 Å². The lowest BCUT2D eigenvalue weighted by Gasteiger charge is -2.03. The van der Waals surface area contributed by atoms with E-state index in [2.05, 4.69) is 16.7 Å². The average molecular weight is 196 g/mol. The topological polar surface area (TPSA) is 68.2 Å². The van der Waals surface area contributed by atoms with Crippen LogP contribution in [0.2, 0.25) is 0 Å². The molecular formula is C9H16N4O. The van der Waals surface area contributed by atoms with Crippen molar-refractivity contribution in [2.24, 2.45) is 5.73 Å². The van der Waals surface area contributed by atoms with Gasteiger partial charge in [-0.2, -0.15) is 4.98 Å². The van der Waals surface area contributed by atoms with E-state index in [9.17, 15) is 0 Å². The Morgan fingerprint density at radius 1 is 1.64 bits per heavy atom. The molecule has 1 aromatic rings. The van der Waals surface area contributed by atoms with Crippen LogP contribution in [0.3, 0.4) is 0 Å². The third-order valence-electron chi connectivity index (χ3n) is 1.68. The first-order chi connectivity index (χ1) is 6.63. The molecule has 0 saturated carbocycles. The Bertz CT molecular complexity index is 295. The number of hydrogen-bond acceptors (Lipinski definition) is 5. The van der Waals surface area contributed by atoms with Crippen molar-refractivity contribution in [2.45, 2.75) is 19.0 Å². The second kappa shape index (κ2) is 4.88. The van der Waals surface area contributed by atoms with E-state index in [1.165, 1.54) is 0 Å². The molecule has 0 fully saturated rings. The summed E-state index contributed by atoms with van der Waals surface area (Å²) in [6.07, 6.45) is 2.38. The fourth-order valence-corrected chi connectivity index (χ4v) is 1.05. The smallest absolute Gasteiger partial charge is 0.243 e. The highest BCUT2D eigenvalue weighted by molar-refractivity contribution is 4.94. The van der Waals surface area contributed by atoms with Crippen LogP contribution < -0.4 is 5.73 Å². The van der Waals surface area contributed by atoms with E-state index in [1.54, 1.807) is 6.08 Å². The first kappa shape index (κ1) is 10.9. The Balaban J connectivity index is 2.62. The molecule has 5 heteroatoms. The molecule has 14 heavy (non-hydrogen) atoms. The molecule has 0 amide bonds. The fourth-order valence-electron chi connectivity index (χ4n) is 1.05. The fraction of sp³-hybridized carbons (Fsp3) is 0.556. The van der Waals surface area contributed by atoms with Gasteiger partial charge in [0.2, 0.25) is 5.89 Å². The lowest BCUT2D eigenvalue weighted by molar-refractivity contribution is 0.337. The molecule has 1 aromatic heterocycles. The normalized spacial score (nSPS) is 13.1. The van der Waals surface area contributed by atoms with E-state index < -0.39 is 0 Å². The van der Waals surface area contributed by atoms with Crippen molar-refractivity contribution in [1.82, 2.24) is 15.0 Å². The zero-order valence-electron chi connectivity index (χ0n) is 8.60. The van der Waals surface area contributed by atoms with Crippen LogP contribution in [0, 0.1) is 0 Å². The number of hydrogen-bond donors (Lipinski definition) is 1. The van der Waals surface area contributed by atoms with Crippen molar-refractivity contribution in [3.63, 3.8) is 0 Å². The quantitative estimate of drug-likeness (QED) is 0.702. The van der Waals surface area contributed by atoms with Gasteiger partial charge in [0.15, 0.2) is 5.82 Å². The second-order valence-corrected chi connectivity index (χ2v) is 3.42. The molecule has 78 valence electrons. The van der Waals surface area contributed by atoms with Crippen LogP contribution in [-0.2, 0) is 6.54 Å². The molecule has 0 radical (unpaired) electrons. The highest BCUT2D eigenvalue weighted by atomic mass is 16.5. The van der Waals surface area contributed by atoms with Crippen LogP contribution in [0.15, 0.2) is 17.2 Å². The van der Waals surface area contributed by atoms with Gasteiger partial charge in [0.1, 0.15) is 0 Å². The minimum absolute atomic E-state index is 0.240. The molecule has 5 nitrogen and oxygen atoms in total. The van der Waals surface area contributed by atoms with Crippen LogP contribution in [-0.4, -0.2) is 29.1 Å². The molecule has 0 bridgehead atoms. The summed E-state index contributed by atoms with van der Waals surface area (Å²) in [4.78, 5) is 6.14. The summed E-state index contributed by atoms with van der Waals surface area (Å²) in [5, 5.41) is 3.82. The molecule has 1 unspecified atom stereocenters. The van der Waals surface area contributed by atoms with Gasteiger partial charge >= 0.3 is 0 Å². The van der Waals surface area contributed by atoms with E-state index in [4.69, 9.17) is 10.3 Å². The maximum Gasteiger partial charge on any atom is 0.243 e. The maximum atomic E-state index is 5.77. The maximum absolute atomic E-state index is 5.77. The van der Waals surface area contributed by atoms with Crippen LogP contribution in [0.5, 0.6) is 0 Å². The summed E-state index contributed by atoms with van der Waals surface area (Å²) in [5.74, 6) is 1.13. The number of rotatable bonds is 5. The zero-order valence-corrected chi connectivity index (χ0v) is 8.60. The Labute approximate surface area is 83.6 Å². The molecule has 0 aliphatic rings. The predicted octanol–water partition coefficient (Wildman–Crippen LogP) is 0.707. The monoisotopic (exact) mass is 196 g/mol. The number of nitrogens with two attached hydrogens (primary N) is 1. The summed E-state index contributed by atoms with van der Waals surface area (Å²) in [7, 11) is 3.89. The summed E-state index contributed by atoms with van der Waals surface area (Å²) >= 11 is 0. The van der Waals surface area contributed by atoms with E-state index in [1.807, 2.05) is 19.0 Å². The minimum atomic E-state index is -0.240. The van der Waals surface area contributed by atoms with Gasteiger partial charge in [-0.15, -0.1) is 6.58 Å². The van der Waals surface area contributed by atoms with Gasteiger partial charge in [0.25, 0.3) is 0 Å². The number of nitrogens with zero attached hydrogens (tertiary/aromatic N) is 3. The Kier molecular flexibility index (Phi) is 3.79. The van der Waals surface area contributed by atoms with Crippen LogP contribution in [0.25, 0.3) is 0 Å². The molecule has 0 aliphatic heterocycles. The first-order valence-electron chi connectivity index (χ1n) is 4.47. The molecular weight excluding hydrogens is 180 g/mol. The summed E-state index contributed by atoms with van der Waals surface area (Å²) in [6.45, 7) is 4.26. The molecule has 0 spiro atoms. The standard InChI is InChI=1S/C9H16N4O/c1-4-5-7(10)9-11-8(12-14-9)6-13(2)3/h4,7H,1,5-6,10H2,2-3H3. The summed E-state index contributed by atoms with van der Waals surface area (Å²) < 4.78 is 5.02. The van der Waals surface area contributed by atoms with Crippen LogP contribution in [0.1, 0.15) is 24.2 Å². The van der Waals surface area contributed by atoms with Crippen LogP contribution in [0.4, 0.5) is 0 Å². The van der Waals surface area contributed by atoms with Crippen molar-refractivity contribution < 1.29 is 4.52 Å². The third-order valence-corrected chi connectivity index (χ3v) is 1.68. The number of aromatic nitrogens is 2. The average Bonchev–Trinajstić information content (AvgIpc) is 2.52. The SMILES string of the molecule is C=CCC(N)c1nc(CN(C)C)no1. The largest absolute Gasteiger partial charge is 0.338 e. The molecule has 1 atom stereocenters. The van der Waals surface area contributed by atoms with Crippen molar-refractivity contribution in [3.8, 4) is 0 Å². The molecule has 2 N–H and O–H groups in total.